The van der Waals surface area contributed by atoms with E-state index < -0.39 is 0 Å². The molecule has 2 N–H and O–H groups in total. The van der Waals surface area contributed by atoms with E-state index in [9.17, 15) is 0 Å². The average Bonchev–Trinajstić information content (AvgIpc) is 3.44. The van der Waals surface area contributed by atoms with Gasteiger partial charge in [-0.3, -0.25) is 0 Å². The molecule has 0 bridgehead atoms. The zero-order chi connectivity index (χ0) is 24.2. The Morgan fingerprint density at radius 2 is 1.92 bits per heavy atom. The largest absolute Gasteiger partial charge is 0.371 e. The van der Waals surface area contributed by atoms with E-state index in [1.54, 1.807) is 0 Å². The molecule has 0 saturated carbocycles. The Hall–Kier alpha value is -2.68. The van der Waals surface area contributed by atoms with Crippen LogP contribution in [0.25, 0.3) is 11.1 Å². The number of nitrogens with zero attached hydrogens (tertiary/aromatic N) is 1. The van der Waals surface area contributed by atoms with Crippen LogP contribution in [0.3, 0.4) is 0 Å². The lowest BCUT2D eigenvalue weighted by molar-refractivity contribution is 0.572. The molecule has 36 heavy (non-hydrogen) atoms. The summed E-state index contributed by atoms with van der Waals surface area (Å²) >= 11 is 0. The number of allylic oxidation sites excluding steroid dienone is 5. The lowest BCUT2D eigenvalue weighted by Crippen LogP contribution is -2.25. The third-order valence-corrected chi connectivity index (χ3v) is 7.98. The van der Waals surface area contributed by atoms with Gasteiger partial charge >= 0.3 is 0 Å². The predicted octanol–water partition coefficient (Wildman–Crippen LogP) is 9.92. The molecule has 0 radical (unpaired) electrons. The molecule has 0 amide bonds. The molecule has 3 heteroatoms. The van der Waals surface area contributed by atoms with E-state index in [0.717, 1.165) is 25.2 Å². The van der Waals surface area contributed by atoms with Gasteiger partial charge in [-0.15, -0.1) is 0 Å². The lowest BCUT2D eigenvalue weighted by Gasteiger charge is -2.28. The number of aromatic amines is 1. The van der Waals surface area contributed by atoms with Gasteiger partial charge in [-0.1, -0.05) is 73.3 Å². The minimum absolute atomic E-state index is 0. The van der Waals surface area contributed by atoms with Crippen LogP contribution in [-0.4, -0.2) is 24.6 Å². The lowest BCUT2D eigenvalue weighted by atomic mass is 9.80. The topological polar surface area (TPSA) is 31.1 Å². The number of hydrogen-bond donors (Lipinski definition) is 2. The van der Waals surface area contributed by atoms with Crippen molar-refractivity contribution in [3.05, 3.63) is 71.0 Å². The number of fused-ring (bicyclic) bond motifs is 2. The Morgan fingerprint density at radius 3 is 2.61 bits per heavy atom. The number of H-pyrrole nitrogens is 1. The number of nitrogens with one attached hydrogen (secondary N) is 2. The molecule has 1 aromatic heterocycles. The van der Waals surface area contributed by atoms with E-state index in [-0.39, 0.29) is 16.3 Å². The molecule has 3 aliphatic rings. The van der Waals surface area contributed by atoms with Crippen LogP contribution in [0.15, 0.2) is 54.3 Å². The Labute approximate surface area is 223 Å². The summed E-state index contributed by atoms with van der Waals surface area (Å²) in [5.41, 5.74) is 10.0. The maximum Gasteiger partial charge on any atom is 0.111 e. The van der Waals surface area contributed by atoms with Crippen molar-refractivity contribution in [2.24, 2.45) is 5.92 Å². The first-order chi connectivity index (χ1) is 16.6. The van der Waals surface area contributed by atoms with Crippen molar-refractivity contribution < 1.29 is 1.43 Å². The minimum Gasteiger partial charge on any atom is -0.371 e. The molecule has 0 fully saturated rings. The minimum atomic E-state index is 0. The first kappa shape index (κ1) is 29.5. The Bertz CT molecular complexity index is 1090. The highest BCUT2D eigenvalue weighted by molar-refractivity contribution is 6.04. The first-order valence-electron chi connectivity index (χ1n) is 13.5. The molecule has 0 spiro atoms. The smallest absolute Gasteiger partial charge is 0.111 e. The SMILES string of the molecule is C.C.CC.CCCC=CC1CC=C(C2=C(c3ccc4c(c3)C(C)C(C)N4C)CNc3[nH]ccc32)CC1.[HH]. The number of aromatic nitrogens is 1. The second-order valence-electron chi connectivity index (χ2n) is 9.87. The van der Waals surface area contributed by atoms with Crippen molar-refractivity contribution >= 4 is 22.7 Å². The van der Waals surface area contributed by atoms with Crippen LogP contribution in [0, 0.1) is 5.92 Å². The fraction of sp³-hybridized carbons (Fsp3) is 0.515. The average molecular weight is 492 g/mol. The van der Waals surface area contributed by atoms with Crippen LogP contribution in [0.2, 0.25) is 0 Å². The van der Waals surface area contributed by atoms with Crippen LogP contribution in [0.5, 0.6) is 0 Å². The van der Waals surface area contributed by atoms with Crippen LogP contribution < -0.4 is 10.2 Å². The standard InChI is InChI=1S/C29H37N3.C2H6.2CH4.H2/c1-5-6-7-8-21-9-11-22(12-10-21)28-24-15-16-30-29(24)31-18-26(28)23-13-14-27-25(17-23)19(2)20(3)32(27)4;1-2;;;/h7-8,11,13-17,19-21,30-31H,5-6,9-10,12,18H2,1-4H3;1-2H3;2*1H4;1H. The Morgan fingerprint density at radius 1 is 1.14 bits per heavy atom. The zero-order valence-corrected chi connectivity index (χ0v) is 22.0. The monoisotopic (exact) mass is 491 g/mol. The summed E-state index contributed by atoms with van der Waals surface area (Å²) in [4.78, 5) is 5.84. The second kappa shape index (κ2) is 13.0. The van der Waals surface area contributed by atoms with E-state index in [1.807, 2.05) is 13.8 Å². The van der Waals surface area contributed by atoms with Crippen molar-refractivity contribution in [2.45, 2.75) is 93.5 Å². The van der Waals surface area contributed by atoms with Crippen LogP contribution in [-0.2, 0) is 0 Å². The summed E-state index contributed by atoms with van der Waals surface area (Å²) in [7, 11) is 2.23. The highest BCUT2D eigenvalue weighted by atomic mass is 15.2. The highest BCUT2D eigenvalue weighted by Crippen LogP contribution is 2.45. The summed E-state index contributed by atoms with van der Waals surface area (Å²) in [6.45, 7) is 11.8. The quantitative estimate of drug-likeness (QED) is 0.408. The van der Waals surface area contributed by atoms with E-state index in [2.05, 4.69) is 91.7 Å². The number of hydrogen-bond acceptors (Lipinski definition) is 2. The van der Waals surface area contributed by atoms with Crippen molar-refractivity contribution in [2.75, 3.05) is 23.8 Å². The normalized spacial score (nSPS) is 22.4. The maximum absolute atomic E-state index is 3.64. The molecule has 1 aromatic carbocycles. The van der Waals surface area contributed by atoms with Crippen LogP contribution >= 0.6 is 0 Å². The number of anilines is 2. The molecule has 2 aliphatic heterocycles. The van der Waals surface area contributed by atoms with Crippen molar-refractivity contribution in [3.8, 4) is 0 Å². The van der Waals surface area contributed by atoms with Crippen molar-refractivity contribution in [1.29, 1.82) is 0 Å². The highest BCUT2D eigenvalue weighted by Gasteiger charge is 2.31. The number of benzene rings is 1. The molecule has 0 saturated heterocycles. The van der Waals surface area contributed by atoms with Gasteiger partial charge in [-0.2, -0.15) is 0 Å². The summed E-state index contributed by atoms with van der Waals surface area (Å²) < 4.78 is 0. The molecular weight excluding hydrogens is 438 g/mol. The summed E-state index contributed by atoms with van der Waals surface area (Å²) in [5.74, 6) is 2.42. The van der Waals surface area contributed by atoms with Crippen molar-refractivity contribution in [1.82, 2.24) is 4.98 Å². The number of unbranched alkanes of at least 4 members (excludes halogenated alkanes) is 1. The third-order valence-electron chi connectivity index (χ3n) is 7.98. The molecule has 3 atom stereocenters. The van der Waals surface area contributed by atoms with Crippen LogP contribution in [0.4, 0.5) is 11.5 Å². The first-order valence-corrected chi connectivity index (χ1v) is 13.5. The summed E-state index contributed by atoms with van der Waals surface area (Å²) in [6, 6.07) is 9.94. The Balaban J connectivity index is 0.00000134. The van der Waals surface area contributed by atoms with E-state index in [1.165, 1.54) is 58.4 Å². The fourth-order valence-corrected chi connectivity index (χ4v) is 5.72. The van der Waals surface area contributed by atoms with Gasteiger partial charge in [0.15, 0.2) is 0 Å². The predicted molar refractivity (Wildman–Crippen MR) is 165 cm³/mol. The Kier molecular flexibility index (Phi) is 10.7. The van der Waals surface area contributed by atoms with E-state index in [0.29, 0.717) is 17.9 Å². The molecule has 3 unspecified atom stereocenters. The maximum atomic E-state index is 3.64. The van der Waals surface area contributed by atoms with Crippen molar-refractivity contribution in [3.63, 3.8) is 0 Å². The number of rotatable bonds is 5. The third kappa shape index (κ3) is 5.51. The molecular formula is C33H53N3. The van der Waals surface area contributed by atoms with Gasteiger partial charge in [-0.05, 0) is 84.6 Å². The van der Waals surface area contributed by atoms with Gasteiger partial charge in [0.25, 0.3) is 0 Å². The molecule has 200 valence electrons. The molecule has 3 nitrogen and oxygen atoms in total. The molecule has 3 heterocycles. The fourth-order valence-electron chi connectivity index (χ4n) is 5.72. The zero-order valence-electron chi connectivity index (χ0n) is 22.0. The molecule has 1 aliphatic carbocycles. The van der Waals surface area contributed by atoms with E-state index >= 15 is 0 Å². The van der Waals surface area contributed by atoms with Gasteiger partial charge in [-0.25, -0.2) is 0 Å². The van der Waals surface area contributed by atoms with Gasteiger partial charge in [0.05, 0.1) is 0 Å². The van der Waals surface area contributed by atoms with Gasteiger partial charge in [0, 0.05) is 44.4 Å². The number of likely N-dealkylation sites (N-methyl/N-ethyl adjacent to an activating group) is 1. The van der Waals surface area contributed by atoms with Gasteiger partial charge < -0.3 is 15.2 Å². The summed E-state index contributed by atoms with van der Waals surface area (Å²) in [5, 5.41) is 3.64. The second-order valence-corrected chi connectivity index (χ2v) is 9.87. The molecule has 5 rings (SSSR count). The van der Waals surface area contributed by atoms with Gasteiger partial charge in [0.1, 0.15) is 5.82 Å². The summed E-state index contributed by atoms with van der Waals surface area (Å²) in [6.07, 6.45) is 15.4. The molecule has 2 aromatic rings. The van der Waals surface area contributed by atoms with Crippen LogP contribution in [0.1, 0.15) is 106 Å². The van der Waals surface area contributed by atoms with E-state index in [4.69, 9.17) is 0 Å². The van der Waals surface area contributed by atoms with Gasteiger partial charge in [0.2, 0.25) is 0 Å².